The minimum absolute atomic E-state index is 0.0878. The fourth-order valence-corrected chi connectivity index (χ4v) is 3.53. The van der Waals surface area contributed by atoms with Gasteiger partial charge in [0.25, 0.3) is 0 Å². The standard InChI is InChI=1S/C22H22F4N2O2/c1-13(2)9-20(29)28-12-15-6-4-3-5-14(15)10-19(28)21(30)27-16-7-8-18(23)17(11-16)22(24,25)26/h3-8,11,13,19H,9-10,12H2,1-2H3,(H,27,30). The van der Waals surface area contributed by atoms with Crippen molar-refractivity contribution in [3.05, 3.63) is 65.0 Å². The number of rotatable bonds is 4. The molecule has 0 aromatic heterocycles. The molecule has 4 nitrogen and oxygen atoms in total. The minimum Gasteiger partial charge on any atom is -0.326 e. The highest BCUT2D eigenvalue weighted by atomic mass is 19.4. The fourth-order valence-electron chi connectivity index (χ4n) is 3.53. The van der Waals surface area contributed by atoms with Crippen molar-refractivity contribution in [3.8, 4) is 0 Å². The number of hydrogen-bond acceptors (Lipinski definition) is 2. The Hall–Kier alpha value is -2.90. The van der Waals surface area contributed by atoms with Crippen LogP contribution in [0.15, 0.2) is 42.5 Å². The van der Waals surface area contributed by atoms with Crippen molar-refractivity contribution in [2.75, 3.05) is 5.32 Å². The third-order valence-electron chi connectivity index (χ3n) is 4.99. The highest BCUT2D eigenvalue weighted by Crippen LogP contribution is 2.33. The monoisotopic (exact) mass is 422 g/mol. The molecule has 2 aromatic rings. The summed E-state index contributed by atoms with van der Waals surface area (Å²) in [6, 6.07) is 8.84. The van der Waals surface area contributed by atoms with Crippen molar-refractivity contribution >= 4 is 17.5 Å². The van der Waals surface area contributed by atoms with Crippen molar-refractivity contribution in [1.82, 2.24) is 4.90 Å². The van der Waals surface area contributed by atoms with E-state index in [1.165, 1.54) is 4.90 Å². The largest absolute Gasteiger partial charge is 0.419 e. The van der Waals surface area contributed by atoms with Crippen LogP contribution in [0.1, 0.15) is 37.0 Å². The zero-order valence-electron chi connectivity index (χ0n) is 16.6. The Morgan fingerprint density at radius 2 is 1.80 bits per heavy atom. The maximum absolute atomic E-state index is 13.5. The zero-order chi connectivity index (χ0) is 22.1. The molecule has 8 heteroatoms. The first-order valence-electron chi connectivity index (χ1n) is 9.60. The van der Waals surface area contributed by atoms with Crippen LogP contribution in [0.25, 0.3) is 0 Å². The summed E-state index contributed by atoms with van der Waals surface area (Å²) in [6.45, 7) is 4.03. The summed E-state index contributed by atoms with van der Waals surface area (Å²) in [5.41, 5.74) is 0.201. The molecule has 0 radical (unpaired) electrons. The first-order chi connectivity index (χ1) is 14.1. The van der Waals surface area contributed by atoms with Crippen LogP contribution >= 0.6 is 0 Å². The quantitative estimate of drug-likeness (QED) is 0.721. The van der Waals surface area contributed by atoms with Gasteiger partial charge in [-0.05, 0) is 35.2 Å². The van der Waals surface area contributed by atoms with Gasteiger partial charge in [0, 0.05) is 25.1 Å². The Labute approximate surface area is 171 Å². The topological polar surface area (TPSA) is 49.4 Å². The summed E-state index contributed by atoms with van der Waals surface area (Å²) < 4.78 is 52.4. The fraction of sp³-hybridized carbons (Fsp3) is 0.364. The lowest BCUT2D eigenvalue weighted by Gasteiger charge is -2.36. The highest BCUT2D eigenvalue weighted by molar-refractivity contribution is 5.97. The van der Waals surface area contributed by atoms with Gasteiger partial charge >= 0.3 is 6.18 Å². The Morgan fingerprint density at radius 3 is 2.43 bits per heavy atom. The molecule has 0 saturated carbocycles. The van der Waals surface area contributed by atoms with Gasteiger partial charge in [-0.1, -0.05) is 38.1 Å². The molecule has 1 unspecified atom stereocenters. The lowest BCUT2D eigenvalue weighted by Crippen LogP contribution is -2.50. The molecule has 160 valence electrons. The van der Waals surface area contributed by atoms with Crippen LogP contribution in [0, 0.1) is 11.7 Å². The zero-order valence-corrected chi connectivity index (χ0v) is 16.6. The summed E-state index contributed by atoms with van der Waals surface area (Å²) in [5.74, 6) is -2.14. The Kier molecular flexibility index (Phi) is 6.14. The lowest BCUT2D eigenvalue weighted by atomic mass is 9.92. The molecule has 1 aliphatic rings. The summed E-state index contributed by atoms with van der Waals surface area (Å²) >= 11 is 0. The van der Waals surface area contributed by atoms with E-state index in [2.05, 4.69) is 5.32 Å². The molecule has 30 heavy (non-hydrogen) atoms. The number of benzene rings is 2. The molecule has 0 aliphatic carbocycles. The highest BCUT2D eigenvalue weighted by Gasteiger charge is 2.36. The summed E-state index contributed by atoms with van der Waals surface area (Å²) in [7, 11) is 0. The van der Waals surface area contributed by atoms with E-state index >= 15 is 0 Å². The van der Waals surface area contributed by atoms with E-state index in [0.29, 0.717) is 12.1 Å². The number of carbonyl (C=O) groups excluding carboxylic acids is 2. The first-order valence-corrected chi connectivity index (χ1v) is 9.60. The Bertz CT molecular complexity index is 956. The Balaban J connectivity index is 1.87. The van der Waals surface area contributed by atoms with E-state index in [0.717, 1.165) is 17.2 Å². The third kappa shape index (κ3) is 4.80. The predicted molar refractivity (Wildman–Crippen MR) is 104 cm³/mol. The van der Waals surface area contributed by atoms with Crippen LogP contribution in [0.3, 0.4) is 0 Å². The average Bonchev–Trinajstić information content (AvgIpc) is 2.67. The molecule has 0 bridgehead atoms. The second kappa shape index (κ2) is 8.45. The van der Waals surface area contributed by atoms with Crippen LogP contribution in [0.5, 0.6) is 0 Å². The van der Waals surface area contributed by atoms with Gasteiger partial charge in [-0.15, -0.1) is 0 Å². The van der Waals surface area contributed by atoms with E-state index in [-0.39, 0.29) is 36.9 Å². The molecule has 0 spiro atoms. The number of alkyl halides is 3. The van der Waals surface area contributed by atoms with Gasteiger partial charge in [-0.2, -0.15) is 13.2 Å². The van der Waals surface area contributed by atoms with Gasteiger partial charge in [0.2, 0.25) is 11.8 Å². The number of amides is 2. The van der Waals surface area contributed by atoms with Gasteiger partial charge in [-0.3, -0.25) is 9.59 Å². The lowest BCUT2D eigenvalue weighted by molar-refractivity contribution is -0.140. The second-order valence-corrected chi connectivity index (χ2v) is 7.79. The molecule has 1 atom stereocenters. The van der Waals surface area contributed by atoms with Crippen LogP contribution < -0.4 is 5.32 Å². The van der Waals surface area contributed by atoms with Crippen LogP contribution in [-0.4, -0.2) is 22.8 Å². The normalized spacial score (nSPS) is 16.4. The number of nitrogens with one attached hydrogen (secondary N) is 1. The van der Waals surface area contributed by atoms with Gasteiger partial charge < -0.3 is 10.2 Å². The minimum atomic E-state index is -4.88. The number of fused-ring (bicyclic) bond motifs is 1. The summed E-state index contributed by atoms with van der Waals surface area (Å²) in [5, 5.41) is 2.42. The number of carbonyl (C=O) groups is 2. The molecule has 1 N–H and O–H groups in total. The molecule has 0 fully saturated rings. The predicted octanol–water partition coefficient (Wildman–Crippen LogP) is 4.78. The molecule has 2 aromatic carbocycles. The summed E-state index contributed by atoms with van der Waals surface area (Å²) in [6.07, 6.45) is -4.38. The second-order valence-electron chi connectivity index (χ2n) is 7.79. The van der Waals surface area contributed by atoms with Crippen molar-refractivity contribution in [1.29, 1.82) is 0 Å². The SMILES string of the molecule is CC(C)CC(=O)N1Cc2ccccc2CC1C(=O)Nc1ccc(F)c(C(F)(F)F)c1. The van der Waals surface area contributed by atoms with Crippen molar-refractivity contribution in [2.45, 2.75) is 45.5 Å². The molecule has 1 heterocycles. The number of hydrogen-bond donors (Lipinski definition) is 1. The van der Waals surface area contributed by atoms with Crippen LogP contribution in [-0.2, 0) is 28.7 Å². The summed E-state index contributed by atoms with van der Waals surface area (Å²) in [4.78, 5) is 27.2. The maximum Gasteiger partial charge on any atom is 0.419 e. The van der Waals surface area contributed by atoms with E-state index in [9.17, 15) is 27.2 Å². The van der Waals surface area contributed by atoms with Crippen molar-refractivity contribution in [2.24, 2.45) is 5.92 Å². The third-order valence-corrected chi connectivity index (χ3v) is 4.99. The van der Waals surface area contributed by atoms with E-state index in [4.69, 9.17) is 0 Å². The van der Waals surface area contributed by atoms with E-state index in [1.54, 1.807) is 0 Å². The van der Waals surface area contributed by atoms with Gasteiger partial charge in [-0.25, -0.2) is 4.39 Å². The van der Waals surface area contributed by atoms with Crippen LogP contribution in [0.4, 0.5) is 23.2 Å². The number of halogens is 4. The van der Waals surface area contributed by atoms with Gasteiger partial charge in [0.15, 0.2) is 0 Å². The van der Waals surface area contributed by atoms with Crippen molar-refractivity contribution in [3.63, 3.8) is 0 Å². The van der Waals surface area contributed by atoms with E-state index in [1.807, 2.05) is 38.1 Å². The molecular formula is C22H22F4N2O2. The van der Waals surface area contributed by atoms with Gasteiger partial charge in [0.1, 0.15) is 11.9 Å². The van der Waals surface area contributed by atoms with E-state index < -0.39 is 29.5 Å². The smallest absolute Gasteiger partial charge is 0.326 e. The molecular weight excluding hydrogens is 400 g/mol. The van der Waals surface area contributed by atoms with Crippen LogP contribution in [0.2, 0.25) is 0 Å². The Morgan fingerprint density at radius 1 is 1.13 bits per heavy atom. The molecule has 0 saturated heterocycles. The molecule has 3 rings (SSSR count). The number of nitrogens with zero attached hydrogens (tertiary/aromatic N) is 1. The molecule has 2 amide bonds. The van der Waals surface area contributed by atoms with Crippen molar-refractivity contribution < 1.29 is 27.2 Å². The average molecular weight is 422 g/mol. The first kappa shape index (κ1) is 21.8. The molecule has 1 aliphatic heterocycles. The number of anilines is 1. The van der Waals surface area contributed by atoms with Gasteiger partial charge in [0.05, 0.1) is 5.56 Å². The maximum atomic E-state index is 13.5.